The largest absolute Gasteiger partial charge is 1.00 e. The number of halogens is 1. The molecule has 10 heavy (non-hydrogen) atoms. The molecule has 0 N–H and O–H groups in total. The number of aryl methyl sites for hydroxylation is 1. The first-order chi connectivity index (χ1) is 4.47. The molecule has 1 aromatic rings. The van der Waals surface area contributed by atoms with Crippen LogP contribution in [0.4, 0.5) is 0 Å². The zero-order valence-corrected chi connectivity index (χ0v) is 7.86. The van der Waals surface area contributed by atoms with Crippen molar-refractivity contribution in [2.24, 2.45) is 0 Å². The van der Waals surface area contributed by atoms with Gasteiger partial charge in [0.2, 0.25) is 5.03 Å². The minimum atomic E-state index is 0. The number of rotatable bonds is 0. The zero-order valence-electron chi connectivity index (χ0n) is 5.46. The number of fused-ring (bicyclic) bond motifs is 1. The molecule has 0 saturated heterocycles. The van der Waals surface area contributed by atoms with E-state index in [1.807, 2.05) is 11.8 Å². The fourth-order valence-electron chi connectivity index (χ4n) is 1.02. The van der Waals surface area contributed by atoms with Crippen molar-refractivity contribution in [2.75, 3.05) is 5.75 Å². The normalized spacial score (nSPS) is 14.0. The molecule has 0 aliphatic carbocycles. The van der Waals surface area contributed by atoms with Crippen molar-refractivity contribution in [3.05, 3.63) is 24.4 Å². The van der Waals surface area contributed by atoms with Gasteiger partial charge in [-0.2, -0.15) is 4.57 Å². The third kappa shape index (κ3) is 1.35. The number of pyridine rings is 1. The highest BCUT2D eigenvalue weighted by Gasteiger charge is 2.16. The molecule has 54 valence electrons. The van der Waals surface area contributed by atoms with Gasteiger partial charge >= 0.3 is 0 Å². The molecule has 2 heterocycles. The lowest BCUT2D eigenvalue weighted by atomic mass is 10.5. The summed E-state index contributed by atoms with van der Waals surface area (Å²) in [4.78, 5) is 0. The Morgan fingerprint density at radius 3 is 3.10 bits per heavy atom. The van der Waals surface area contributed by atoms with Gasteiger partial charge in [-0.1, -0.05) is 11.8 Å². The quantitative estimate of drug-likeness (QED) is 0.459. The Kier molecular flexibility index (Phi) is 2.74. The molecule has 0 atom stereocenters. The summed E-state index contributed by atoms with van der Waals surface area (Å²) in [5.74, 6) is 1.24. The van der Waals surface area contributed by atoms with Gasteiger partial charge in [-0.25, -0.2) is 0 Å². The zero-order chi connectivity index (χ0) is 6.10. The molecule has 2 rings (SSSR count). The first-order valence-corrected chi connectivity index (χ1v) is 4.07. The molecule has 0 radical (unpaired) electrons. The molecule has 0 amide bonds. The smallest absolute Gasteiger partial charge is 0.240 e. The first-order valence-electron chi connectivity index (χ1n) is 3.08. The van der Waals surface area contributed by atoms with Gasteiger partial charge in [0.15, 0.2) is 12.7 Å². The lowest BCUT2D eigenvalue weighted by molar-refractivity contribution is -0.723. The van der Waals surface area contributed by atoms with Crippen molar-refractivity contribution in [1.29, 1.82) is 0 Å². The second-order valence-electron chi connectivity index (χ2n) is 2.08. The summed E-state index contributed by atoms with van der Waals surface area (Å²) in [6.07, 6.45) is 2.13. The summed E-state index contributed by atoms with van der Waals surface area (Å²) < 4.78 is 2.28. The van der Waals surface area contributed by atoms with Crippen molar-refractivity contribution in [2.45, 2.75) is 11.6 Å². The van der Waals surface area contributed by atoms with E-state index in [2.05, 4.69) is 29.0 Å². The summed E-state index contributed by atoms with van der Waals surface area (Å²) >= 11 is 1.93. The number of hydrogen-bond donors (Lipinski definition) is 0. The Morgan fingerprint density at radius 1 is 1.40 bits per heavy atom. The van der Waals surface area contributed by atoms with Gasteiger partial charge in [0, 0.05) is 12.1 Å². The predicted molar refractivity (Wildman–Crippen MR) is 37.4 cm³/mol. The molecular weight excluding hydrogens is 210 g/mol. The number of thioether (sulfide) groups is 1. The van der Waals surface area contributed by atoms with Crippen molar-refractivity contribution in [3.8, 4) is 0 Å². The lowest BCUT2D eigenvalue weighted by Crippen LogP contribution is -3.00. The molecule has 1 aliphatic rings. The van der Waals surface area contributed by atoms with Gasteiger partial charge in [0.1, 0.15) is 0 Å². The van der Waals surface area contributed by atoms with Crippen LogP contribution < -0.4 is 21.5 Å². The lowest BCUT2D eigenvalue weighted by Gasteiger charge is -1.85. The molecule has 0 saturated carbocycles. The second kappa shape index (κ2) is 3.39. The van der Waals surface area contributed by atoms with E-state index in [0.717, 1.165) is 0 Å². The van der Waals surface area contributed by atoms with Crippen LogP contribution in [0.5, 0.6) is 0 Å². The fraction of sp³-hybridized carbons (Fsp3) is 0.286. The van der Waals surface area contributed by atoms with Crippen LogP contribution in [0.2, 0.25) is 0 Å². The molecule has 0 bridgehead atoms. The topological polar surface area (TPSA) is 3.88 Å². The highest BCUT2D eigenvalue weighted by atomic mass is 79.9. The van der Waals surface area contributed by atoms with Crippen LogP contribution in [0, 0.1) is 0 Å². The summed E-state index contributed by atoms with van der Waals surface area (Å²) in [6, 6.07) is 6.33. The molecule has 3 heteroatoms. The van der Waals surface area contributed by atoms with E-state index in [-0.39, 0.29) is 17.0 Å². The molecular formula is C7H8BrNS. The van der Waals surface area contributed by atoms with Crippen LogP contribution in [-0.2, 0) is 6.54 Å². The van der Waals surface area contributed by atoms with Crippen LogP contribution in [0.3, 0.4) is 0 Å². The monoisotopic (exact) mass is 217 g/mol. The van der Waals surface area contributed by atoms with E-state index in [1.165, 1.54) is 17.3 Å². The second-order valence-corrected chi connectivity index (χ2v) is 3.20. The Balaban J connectivity index is 0.000000500. The Morgan fingerprint density at radius 2 is 2.30 bits per heavy atom. The van der Waals surface area contributed by atoms with E-state index in [1.54, 1.807) is 0 Å². The standard InChI is InChI=1S/C7H8NS.BrH/c1-2-4-8-5-6-9-7(8)3-1;/h1-4H,5-6H2;1H/q+1;/p-1. The highest BCUT2D eigenvalue weighted by Crippen LogP contribution is 2.16. The molecule has 1 aromatic heterocycles. The average molecular weight is 218 g/mol. The van der Waals surface area contributed by atoms with Gasteiger partial charge in [0.25, 0.3) is 0 Å². The molecule has 0 fully saturated rings. The number of hydrogen-bond acceptors (Lipinski definition) is 1. The Bertz CT molecular complexity index is 204. The van der Waals surface area contributed by atoms with Crippen molar-refractivity contribution in [3.63, 3.8) is 0 Å². The summed E-state index contributed by atoms with van der Waals surface area (Å²) in [5, 5.41) is 1.40. The minimum absolute atomic E-state index is 0. The number of nitrogens with zero attached hydrogens (tertiary/aromatic N) is 1. The third-order valence-corrected chi connectivity index (χ3v) is 2.53. The SMILES string of the molecule is [Br-].c1cc[n+]2c(c1)SCC2. The van der Waals surface area contributed by atoms with Crippen LogP contribution in [0.15, 0.2) is 29.4 Å². The predicted octanol–water partition coefficient (Wildman–Crippen LogP) is -1.92. The van der Waals surface area contributed by atoms with Gasteiger partial charge in [0.05, 0.1) is 5.75 Å². The Labute approximate surface area is 75.2 Å². The van der Waals surface area contributed by atoms with Gasteiger partial charge in [-0.15, -0.1) is 0 Å². The maximum Gasteiger partial charge on any atom is 0.240 e. The molecule has 1 aliphatic heterocycles. The maximum absolute atomic E-state index is 2.28. The van der Waals surface area contributed by atoms with Crippen molar-refractivity contribution in [1.82, 2.24) is 0 Å². The van der Waals surface area contributed by atoms with Crippen LogP contribution in [0.25, 0.3) is 0 Å². The van der Waals surface area contributed by atoms with Crippen molar-refractivity contribution < 1.29 is 21.5 Å². The first kappa shape index (κ1) is 8.08. The van der Waals surface area contributed by atoms with Crippen LogP contribution in [-0.4, -0.2) is 5.75 Å². The maximum atomic E-state index is 2.28. The average Bonchev–Trinajstić information content (AvgIpc) is 2.33. The van der Waals surface area contributed by atoms with Gasteiger partial charge in [-0.05, 0) is 6.07 Å². The van der Waals surface area contributed by atoms with Gasteiger partial charge in [-0.3, -0.25) is 0 Å². The summed E-state index contributed by atoms with van der Waals surface area (Å²) in [7, 11) is 0. The van der Waals surface area contributed by atoms with E-state index in [4.69, 9.17) is 0 Å². The van der Waals surface area contributed by atoms with E-state index >= 15 is 0 Å². The molecule has 0 spiro atoms. The minimum Gasteiger partial charge on any atom is -1.00 e. The van der Waals surface area contributed by atoms with Crippen LogP contribution in [0.1, 0.15) is 0 Å². The summed E-state index contributed by atoms with van der Waals surface area (Å²) in [6.45, 7) is 1.18. The van der Waals surface area contributed by atoms with E-state index in [0.29, 0.717) is 0 Å². The molecule has 1 nitrogen and oxygen atoms in total. The highest BCUT2D eigenvalue weighted by molar-refractivity contribution is 7.99. The van der Waals surface area contributed by atoms with E-state index < -0.39 is 0 Å². The van der Waals surface area contributed by atoms with Crippen LogP contribution >= 0.6 is 11.8 Å². The van der Waals surface area contributed by atoms with Crippen molar-refractivity contribution >= 4 is 11.8 Å². The third-order valence-electron chi connectivity index (χ3n) is 1.48. The van der Waals surface area contributed by atoms with E-state index in [9.17, 15) is 0 Å². The fourth-order valence-corrected chi connectivity index (χ4v) is 2.01. The Hall–Kier alpha value is -0.0200. The molecule has 0 aromatic carbocycles. The van der Waals surface area contributed by atoms with Gasteiger partial charge < -0.3 is 17.0 Å². The number of aromatic nitrogens is 1. The molecule has 0 unspecified atom stereocenters. The summed E-state index contributed by atoms with van der Waals surface area (Å²) in [5.41, 5.74) is 0.